The number of rotatable bonds is 3. The second-order valence-electron chi connectivity index (χ2n) is 7.41. The van der Waals surface area contributed by atoms with E-state index in [9.17, 15) is 26.0 Å². The molecule has 0 saturated heterocycles. The lowest BCUT2D eigenvalue weighted by Gasteiger charge is -2.11. The number of hydrogen-bond donors (Lipinski definition) is 0. The molecule has 0 unspecified atom stereocenters. The molecule has 4 rings (SSSR count). The molecule has 0 aromatic heterocycles. The summed E-state index contributed by atoms with van der Waals surface area (Å²) >= 11 is 5.92. The van der Waals surface area contributed by atoms with Gasteiger partial charge < -0.3 is 0 Å². The maximum atomic E-state index is 13.5. The molecular formula is C20H15ClF4O2S. The van der Waals surface area contributed by atoms with Crippen molar-refractivity contribution in [3.63, 3.8) is 0 Å². The van der Waals surface area contributed by atoms with Gasteiger partial charge in [0.05, 0.1) is 9.92 Å². The van der Waals surface area contributed by atoms with Crippen LogP contribution in [0.1, 0.15) is 36.8 Å². The minimum absolute atomic E-state index is 0.00714. The van der Waals surface area contributed by atoms with Gasteiger partial charge in [0, 0.05) is 0 Å². The normalized spacial score (nSPS) is 18.8. The molecule has 28 heavy (non-hydrogen) atoms. The lowest BCUT2D eigenvalue weighted by Crippen LogP contribution is -2.23. The molecule has 0 radical (unpaired) electrons. The molecule has 2 aliphatic rings. The van der Waals surface area contributed by atoms with Crippen LogP contribution in [0.15, 0.2) is 47.4 Å². The first-order valence-electron chi connectivity index (χ1n) is 8.62. The molecule has 0 bridgehead atoms. The second kappa shape index (κ2) is 6.32. The van der Waals surface area contributed by atoms with Crippen LogP contribution in [-0.4, -0.2) is 13.9 Å². The molecule has 0 heterocycles. The third-order valence-corrected chi connectivity index (χ3v) is 7.30. The number of hydrogen-bond acceptors (Lipinski definition) is 2. The highest BCUT2D eigenvalue weighted by molar-refractivity contribution is 7.92. The van der Waals surface area contributed by atoms with Crippen molar-refractivity contribution >= 4 is 32.6 Å². The van der Waals surface area contributed by atoms with Gasteiger partial charge in [-0.05, 0) is 77.6 Å². The van der Waals surface area contributed by atoms with E-state index in [1.165, 1.54) is 18.2 Å². The molecule has 0 aliphatic heterocycles. The first-order valence-corrected chi connectivity index (χ1v) is 10.5. The Hall–Kier alpha value is -1.86. The van der Waals surface area contributed by atoms with Crippen LogP contribution >= 0.6 is 11.6 Å². The molecule has 2 nitrogen and oxygen atoms in total. The van der Waals surface area contributed by atoms with Gasteiger partial charge in [-0.3, -0.25) is 0 Å². The van der Waals surface area contributed by atoms with Crippen molar-refractivity contribution in [2.45, 2.75) is 36.1 Å². The van der Waals surface area contributed by atoms with E-state index in [4.69, 9.17) is 11.6 Å². The van der Waals surface area contributed by atoms with Gasteiger partial charge in [0.25, 0.3) is 9.84 Å². The fraction of sp³-hybridized carbons (Fsp3) is 0.300. The summed E-state index contributed by atoms with van der Waals surface area (Å²) in [6.45, 7) is 0. The highest BCUT2D eigenvalue weighted by Crippen LogP contribution is 2.63. The maximum absolute atomic E-state index is 13.5. The average molecular weight is 431 g/mol. The first-order chi connectivity index (χ1) is 13.0. The van der Waals surface area contributed by atoms with E-state index in [1.807, 2.05) is 0 Å². The summed E-state index contributed by atoms with van der Waals surface area (Å²) in [6, 6.07) is 9.26. The SMILES string of the molecule is O=S(=O)(c1ccc(C2=C(c3ccc(F)c(Cl)c3)CC3(CC3)C2)cc1)C(F)(F)F. The molecular weight excluding hydrogens is 416 g/mol. The summed E-state index contributed by atoms with van der Waals surface area (Å²) in [5.74, 6) is -0.520. The Morgan fingerprint density at radius 3 is 1.93 bits per heavy atom. The summed E-state index contributed by atoms with van der Waals surface area (Å²) in [6.07, 6.45) is 3.64. The highest BCUT2D eigenvalue weighted by atomic mass is 35.5. The van der Waals surface area contributed by atoms with Gasteiger partial charge in [-0.15, -0.1) is 0 Å². The predicted molar refractivity (Wildman–Crippen MR) is 98.8 cm³/mol. The van der Waals surface area contributed by atoms with Gasteiger partial charge in [-0.1, -0.05) is 29.8 Å². The molecule has 1 saturated carbocycles. The number of halogens is 5. The summed E-state index contributed by atoms with van der Waals surface area (Å²) in [4.78, 5) is -0.783. The van der Waals surface area contributed by atoms with E-state index >= 15 is 0 Å². The second-order valence-corrected chi connectivity index (χ2v) is 9.76. The van der Waals surface area contributed by atoms with Crippen molar-refractivity contribution in [3.05, 3.63) is 64.4 Å². The van der Waals surface area contributed by atoms with Crippen molar-refractivity contribution < 1.29 is 26.0 Å². The van der Waals surface area contributed by atoms with E-state index in [0.29, 0.717) is 5.56 Å². The van der Waals surface area contributed by atoms with Gasteiger partial charge in [0.15, 0.2) is 0 Å². The molecule has 0 amide bonds. The summed E-state index contributed by atoms with van der Waals surface area (Å²) in [5, 5.41) is 0.00714. The highest BCUT2D eigenvalue weighted by Gasteiger charge is 2.49. The molecule has 2 aromatic carbocycles. The van der Waals surface area contributed by atoms with Crippen LogP contribution in [0, 0.1) is 11.2 Å². The monoisotopic (exact) mass is 430 g/mol. The van der Waals surface area contributed by atoms with E-state index < -0.39 is 26.1 Å². The number of alkyl halides is 3. The minimum atomic E-state index is -5.38. The molecule has 8 heteroatoms. The fourth-order valence-electron chi connectivity index (χ4n) is 3.76. The summed E-state index contributed by atoms with van der Waals surface area (Å²) in [5.41, 5.74) is -1.84. The topological polar surface area (TPSA) is 34.1 Å². The third-order valence-electron chi connectivity index (χ3n) is 5.51. The Labute approximate surface area is 164 Å². The van der Waals surface area contributed by atoms with Crippen molar-refractivity contribution in [1.29, 1.82) is 0 Å². The molecule has 0 N–H and O–H groups in total. The molecule has 1 spiro atoms. The molecule has 148 valence electrons. The first kappa shape index (κ1) is 19.5. The van der Waals surface area contributed by atoms with Gasteiger partial charge in [-0.2, -0.15) is 13.2 Å². The zero-order valence-electron chi connectivity index (χ0n) is 14.5. The zero-order valence-corrected chi connectivity index (χ0v) is 16.1. The van der Waals surface area contributed by atoms with Crippen molar-refractivity contribution in [1.82, 2.24) is 0 Å². The number of allylic oxidation sites excluding steroid dienone is 2. The Bertz CT molecular complexity index is 1080. The van der Waals surface area contributed by atoms with Crippen LogP contribution in [0.2, 0.25) is 5.02 Å². The minimum Gasteiger partial charge on any atom is -0.214 e. The molecule has 2 aliphatic carbocycles. The standard InChI is InChI=1S/C20H15ClF4O2S/c21-17-9-13(3-6-18(17)22)16-11-19(7-8-19)10-15(16)12-1-4-14(5-2-12)28(26,27)20(23,24)25/h1-6,9H,7-8,10-11H2. The smallest absolute Gasteiger partial charge is 0.214 e. The Balaban J connectivity index is 1.76. The zero-order chi connectivity index (χ0) is 20.3. The third kappa shape index (κ3) is 3.24. The van der Waals surface area contributed by atoms with E-state index in [2.05, 4.69) is 0 Å². The van der Waals surface area contributed by atoms with Crippen molar-refractivity contribution in [3.8, 4) is 0 Å². The number of sulfone groups is 1. The van der Waals surface area contributed by atoms with Crippen LogP contribution < -0.4 is 0 Å². The van der Waals surface area contributed by atoms with Crippen LogP contribution in [0.5, 0.6) is 0 Å². The van der Waals surface area contributed by atoms with Gasteiger partial charge >= 0.3 is 5.51 Å². The fourth-order valence-corrected chi connectivity index (χ4v) is 4.70. The van der Waals surface area contributed by atoms with E-state index in [0.717, 1.165) is 54.5 Å². The van der Waals surface area contributed by atoms with Crippen molar-refractivity contribution in [2.75, 3.05) is 0 Å². The largest absolute Gasteiger partial charge is 0.501 e. The Morgan fingerprint density at radius 1 is 0.893 bits per heavy atom. The summed E-state index contributed by atoms with van der Waals surface area (Å²) in [7, 11) is -5.38. The van der Waals surface area contributed by atoms with Crippen LogP contribution in [-0.2, 0) is 9.84 Å². The van der Waals surface area contributed by atoms with E-state index in [1.54, 1.807) is 12.1 Å². The Kier molecular flexibility index (Phi) is 4.39. The maximum Gasteiger partial charge on any atom is 0.501 e. The lowest BCUT2D eigenvalue weighted by molar-refractivity contribution is -0.0436. The van der Waals surface area contributed by atoms with Crippen LogP contribution in [0.3, 0.4) is 0 Å². The van der Waals surface area contributed by atoms with Gasteiger partial charge in [-0.25, -0.2) is 12.8 Å². The Morgan fingerprint density at radius 2 is 1.43 bits per heavy atom. The molecule has 2 aromatic rings. The molecule has 0 atom stereocenters. The van der Waals surface area contributed by atoms with Gasteiger partial charge in [0.2, 0.25) is 0 Å². The predicted octanol–water partition coefficient (Wildman–Crippen LogP) is 6.26. The summed E-state index contributed by atoms with van der Waals surface area (Å²) < 4.78 is 74.9. The van der Waals surface area contributed by atoms with Crippen LogP contribution in [0.25, 0.3) is 11.1 Å². The quantitative estimate of drug-likeness (QED) is 0.539. The average Bonchev–Trinajstić information content (AvgIpc) is 3.27. The van der Waals surface area contributed by atoms with Gasteiger partial charge in [0.1, 0.15) is 5.82 Å². The molecule has 1 fully saturated rings. The van der Waals surface area contributed by atoms with Crippen molar-refractivity contribution in [2.24, 2.45) is 5.41 Å². The van der Waals surface area contributed by atoms with E-state index in [-0.39, 0.29) is 10.4 Å². The lowest BCUT2D eigenvalue weighted by atomic mass is 9.97. The number of benzene rings is 2. The van der Waals surface area contributed by atoms with Crippen LogP contribution in [0.4, 0.5) is 17.6 Å².